The molecule has 0 saturated heterocycles. The van der Waals surface area contributed by atoms with Crippen molar-refractivity contribution in [3.05, 3.63) is 60.3 Å². The first-order valence-corrected chi connectivity index (χ1v) is 6.69. The Balaban J connectivity index is 2.73. The normalized spacial score (nSPS) is 12.0. The average molecular weight is 292 g/mol. The minimum absolute atomic E-state index is 0.258. The van der Waals surface area contributed by atoms with Crippen LogP contribution < -0.4 is 0 Å². The fourth-order valence-electron chi connectivity index (χ4n) is 2.08. The predicted octanol–water partition coefficient (Wildman–Crippen LogP) is 3.43. The van der Waals surface area contributed by atoms with Crippen LogP contribution in [0.2, 0.25) is 0 Å². The smallest absolute Gasteiger partial charge is 0.359 e. The van der Waals surface area contributed by atoms with Gasteiger partial charge in [-0.2, -0.15) is 5.10 Å². The summed E-state index contributed by atoms with van der Waals surface area (Å²) in [6, 6.07) is 7.41. The zero-order valence-electron chi connectivity index (χ0n) is 12.5. The molecule has 0 amide bonds. The molecule has 1 aromatic carbocycles. The summed E-state index contributed by atoms with van der Waals surface area (Å²) in [7, 11) is 1.33. The number of allylic oxidation sites excluding steroid dienone is 5. The molecule has 4 nitrogen and oxygen atoms in total. The molecule has 22 heavy (non-hydrogen) atoms. The fraction of sp³-hybridized carbons (Fsp3) is 0.111. The molecule has 0 atom stereocenters. The zero-order chi connectivity index (χ0) is 16.1. The van der Waals surface area contributed by atoms with Crippen molar-refractivity contribution in [3.63, 3.8) is 0 Å². The SMILES string of the molecule is C#CC(=C/C)/C=C(\C=C)n1nc(C(=O)OC)c2ccccc21. The summed E-state index contributed by atoms with van der Waals surface area (Å²) in [6.45, 7) is 5.65. The van der Waals surface area contributed by atoms with Crippen molar-refractivity contribution in [2.45, 2.75) is 6.92 Å². The third kappa shape index (κ3) is 2.70. The van der Waals surface area contributed by atoms with Crippen molar-refractivity contribution in [1.82, 2.24) is 9.78 Å². The first-order valence-electron chi connectivity index (χ1n) is 6.69. The van der Waals surface area contributed by atoms with Gasteiger partial charge in [-0.3, -0.25) is 0 Å². The summed E-state index contributed by atoms with van der Waals surface area (Å²) in [5, 5.41) is 5.07. The average Bonchev–Trinajstić information content (AvgIpc) is 2.95. The van der Waals surface area contributed by atoms with E-state index in [0.29, 0.717) is 16.7 Å². The van der Waals surface area contributed by atoms with Crippen molar-refractivity contribution in [3.8, 4) is 12.3 Å². The Labute approximate surface area is 129 Å². The number of carbonyl (C=O) groups excluding carboxylic acids is 1. The third-order valence-corrected chi connectivity index (χ3v) is 3.20. The van der Waals surface area contributed by atoms with E-state index in [0.717, 1.165) is 5.52 Å². The van der Waals surface area contributed by atoms with E-state index >= 15 is 0 Å². The van der Waals surface area contributed by atoms with Gasteiger partial charge in [0.1, 0.15) is 0 Å². The first-order chi connectivity index (χ1) is 10.7. The predicted molar refractivity (Wildman–Crippen MR) is 88.1 cm³/mol. The molecule has 0 aliphatic carbocycles. The molecule has 0 unspecified atom stereocenters. The van der Waals surface area contributed by atoms with E-state index in [-0.39, 0.29) is 5.69 Å². The summed E-state index contributed by atoms with van der Waals surface area (Å²) >= 11 is 0. The highest BCUT2D eigenvalue weighted by Gasteiger charge is 2.18. The van der Waals surface area contributed by atoms with Gasteiger partial charge in [0.15, 0.2) is 5.69 Å². The Morgan fingerprint density at radius 3 is 2.77 bits per heavy atom. The summed E-state index contributed by atoms with van der Waals surface area (Å²) in [6.07, 6.45) is 10.7. The lowest BCUT2D eigenvalue weighted by Crippen LogP contribution is -2.04. The van der Waals surface area contributed by atoms with Crippen LogP contribution in [0.3, 0.4) is 0 Å². The van der Waals surface area contributed by atoms with Gasteiger partial charge in [0, 0.05) is 11.0 Å². The van der Waals surface area contributed by atoms with E-state index in [1.54, 1.807) is 16.8 Å². The van der Waals surface area contributed by atoms with E-state index in [1.165, 1.54) is 7.11 Å². The fourth-order valence-corrected chi connectivity index (χ4v) is 2.08. The molecule has 0 N–H and O–H groups in total. The van der Waals surface area contributed by atoms with Gasteiger partial charge in [-0.05, 0) is 25.1 Å². The Bertz CT molecular complexity index is 832. The number of esters is 1. The number of para-hydroxylation sites is 1. The standard InChI is InChI=1S/C18H16N2O2/c1-5-13(6-2)12-14(7-3)20-16-11-9-8-10-15(16)17(19-20)18(21)22-4/h1,6-12H,3H2,2,4H3/b13-6-,14-12+. The van der Waals surface area contributed by atoms with Crippen molar-refractivity contribution < 1.29 is 9.53 Å². The lowest BCUT2D eigenvalue weighted by Gasteiger charge is -2.04. The Morgan fingerprint density at radius 2 is 2.18 bits per heavy atom. The van der Waals surface area contributed by atoms with E-state index in [4.69, 9.17) is 11.2 Å². The Kier molecular flexibility index (Phi) is 4.60. The molecule has 0 bridgehead atoms. The molecule has 2 aromatic rings. The number of terminal acetylenes is 1. The molecule has 4 heteroatoms. The number of hydrogen-bond donors (Lipinski definition) is 0. The second-order valence-electron chi connectivity index (χ2n) is 4.43. The molecular formula is C18H16N2O2. The maximum Gasteiger partial charge on any atom is 0.359 e. The maximum absolute atomic E-state index is 11.9. The summed E-state index contributed by atoms with van der Waals surface area (Å²) in [4.78, 5) is 11.9. The molecule has 110 valence electrons. The van der Waals surface area contributed by atoms with Crippen LogP contribution >= 0.6 is 0 Å². The van der Waals surface area contributed by atoms with Gasteiger partial charge in [-0.15, -0.1) is 6.42 Å². The number of aromatic nitrogens is 2. The van der Waals surface area contributed by atoms with Gasteiger partial charge in [-0.1, -0.05) is 36.8 Å². The minimum Gasteiger partial charge on any atom is -0.464 e. The molecule has 0 saturated carbocycles. The van der Waals surface area contributed by atoms with Crippen LogP contribution in [0.1, 0.15) is 17.4 Å². The van der Waals surface area contributed by atoms with E-state index < -0.39 is 5.97 Å². The van der Waals surface area contributed by atoms with Gasteiger partial charge in [-0.25, -0.2) is 9.48 Å². The van der Waals surface area contributed by atoms with Gasteiger partial charge in [0.05, 0.1) is 18.3 Å². The topological polar surface area (TPSA) is 44.1 Å². The largest absolute Gasteiger partial charge is 0.464 e. The number of nitrogens with zero attached hydrogens (tertiary/aromatic N) is 2. The molecular weight excluding hydrogens is 276 g/mol. The molecule has 0 aliphatic rings. The van der Waals surface area contributed by atoms with Crippen LogP contribution in [0.25, 0.3) is 16.6 Å². The summed E-state index contributed by atoms with van der Waals surface area (Å²) < 4.78 is 6.43. The van der Waals surface area contributed by atoms with Crippen LogP contribution in [0.15, 0.2) is 54.6 Å². The van der Waals surface area contributed by atoms with Crippen molar-refractivity contribution >= 4 is 22.6 Å². The van der Waals surface area contributed by atoms with Gasteiger partial charge in [0.25, 0.3) is 0 Å². The van der Waals surface area contributed by atoms with Gasteiger partial charge < -0.3 is 4.74 Å². The molecule has 0 aliphatic heterocycles. The molecule has 1 heterocycles. The highest BCUT2D eigenvalue weighted by molar-refractivity contribution is 6.03. The van der Waals surface area contributed by atoms with E-state index in [1.807, 2.05) is 37.3 Å². The number of rotatable bonds is 4. The molecule has 0 fully saturated rings. The highest BCUT2D eigenvalue weighted by Crippen LogP contribution is 2.23. The highest BCUT2D eigenvalue weighted by atomic mass is 16.5. The number of hydrogen-bond acceptors (Lipinski definition) is 3. The van der Waals surface area contributed by atoms with Crippen LogP contribution in [0.5, 0.6) is 0 Å². The second kappa shape index (κ2) is 6.59. The first kappa shape index (κ1) is 15.3. The molecule has 0 radical (unpaired) electrons. The van der Waals surface area contributed by atoms with Crippen LogP contribution in [-0.4, -0.2) is 22.9 Å². The van der Waals surface area contributed by atoms with Gasteiger partial charge in [0.2, 0.25) is 0 Å². The number of ether oxygens (including phenoxy) is 1. The molecule has 2 rings (SSSR count). The minimum atomic E-state index is -0.485. The van der Waals surface area contributed by atoms with Crippen molar-refractivity contribution in [2.75, 3.05) is 7.11 Å². The monoisotopic (exact) mass is 292 g/mol. The van der Waals surface area contributed by atoms with Crippen LogP contribution in [-0.2, 0) is 4.74 Å². The van der Waals surface area contributed by atoms with E-state index in [2.05, 4.69) is 17.6 Å². The molecule has 0 spiro atoms. The summed E-state index contributed by atoms with van der Waals surface area (Å²) in [5.41, 5.74) is 2.42. The lowest BCUT2D eigenvalue weighted by molar-refractivity contribution is 0.0595. The van der Waals surface area contributed by atoms with Crippen molar-refractivity contribution in [1.29, 1.82) is 0 Å². The zero-order valence-corrected chi connectivity index (χ0v) is 12.5. The van der Waals surface area contributed by atoms with E-state index in [9.17, 15) is 4.79 Å². The third-order valence-electron chi connectivity index (χ3n) is 3.20. The number of fused-ring (bicyclic) bond motifs is 1. The number of methoxy groups -OCH3 is 1. The number of carbonyl (C=O) groups is 1. The Hall–Kier alpha value is -3.06. The molecule has 1 aromatic heterocycles. The van der Waals surface area contributed by atoms with Crippen LogP contribution in [0.4, 0.5) is 0 Å². The second-order valence-corrected chi connectivity index (χ2v) is 4.43. The summed E-state index contributed by atoms with van der Waals surface area (Å²) in [5.74, 6) is 2.09. The maximum atomic E-state index is 11.9. The quantitative estimate of drug-likeness (QED) is 0.492. The van der Waals surface area contributed by atoms with Crippen LogP contribution in [0, 0.1) is 12.3 Å². The lowest BCUT2D eigenvalue weighted by atomic mass is 10.2. The Morgan fingerprint density at radius 1 is 1.45 bits per heavy atom. The number of benzene rings is 1. The van der Waals surface area contributed by atoms with Crippen molar-refractivity contribution in [2.24, 2.45) is 0 Å². The van der Waals surface area contributed by atoms with Gasteiger partial charge >= 0.3 is 5.97 Å².